The monoisotopic (exact) mass is 643 g/mol. The molecule has 0 radical (unpaired) electrons. The Hall–Kier alpha value is -1.88. The standard InChI is InChI=1S/C29H36Cl3N3O5S/c1-3-5-6-17(4-2)16-40-41(39)35-20-10-7-18(8-11-20)27(35)29(38)33-24-15-26(36)25(14-23(24)32)34-28(37)19-9-12-21(30)22(31)13-19/h9,12-15,17-18,20,27,36H,3-8,10-11,16H2,1-2H3,(H,33,38)(H,34,37). The van der Waals surface area contributed by atoms with E-state index in [2.05, 4.69) is 24.5 Å². The molecule has 2 aliphatic heterocycles. The zero-order chi connectivity index (χ0) is 29.7. The minimum Gasteiger partial charge on any atom is -0.506 e. The van der Waals surface area contributed by atoms with Crippen molar-refractivity contribution in [1.82, 2.24) is 4.31 Å². The van der Waals surface area contributed by atoms with Crippen LogP contribution in [0.25, 0.3) is 0 Å². The molecule has 0 aromatic heterocycles. The summed E-state index contributed by atoms with van der Waals surface area (Å²) in [6.45, 7) is 4.64. The summed E-state index contributed by atoms with van der Waals surface area (Å²) < 4.78 is 21.0. The SMILES string of the molecule is CCCCC(CC)COS(=O)N1C2CCC(CC2)C1C(=O)Nc1cc(O)c(NC(=O)c2ccc(Cl)c(Cl)c2)cc1Cl. The van der Waals surface area contributed by atoms with Crippen molar-refractivity contribution in [3.05, 3.63) is 51.0 Å². The number of fused-ring (bicyclic) bond motifs is 3. The summed E-state index contributed by atoms with van der Waals surface area (Å²) in [6, 6.07) is 6.40. The molecule has 1 saturated carbocycles. The summed E-state index contributed by atoms with van der Waals surface area (Å²) in [6.07, 6.45) is 7.62. The number of benzene rings is 2. The Labute approximate surface area is 258 Å². The third-order valence-corrected chi connectivity index (χ3v) is 10.2. The molecule has 3 fully saturated rings. The van der Waals surface area contributed by atoms with E-state index in [-0.39, 0.29) is 50.6 Å². The number of nitrogens with zero attached hydrogens (tertiary/aromatic N) is 1. The van der Waals surface area contributed by atoms with Gasteiger partial charge in [0.15, 0.2) is 0 Å². The maximum absolute atomic E-state index is 13.6. The number of phenols is 1. The summed E-state index contributed by atoms with van der Waals surface area (Å²) in [5, 5.41) is 16.7. The maximum Gasteiger partial charge on any atom is 0.255 e. The van der Waals surface area contributed by atoms with Gasteiger partial charge in [0.2, 0.25) is 17.2 Å². The van der Waals surface area contributed by atoms with Gasteiger partial charge < -0.3 is 15.7 Å². The molecule has 3 atom stereocenters. The lowest BCUT2D eigenvalue weighted by atomic mass is 9.76. The third kappa shape index (κ3) is 7.75. The lowest BCUT2D eigenvalue weighted by Crippen LogP contribution is -2.60. The van der Waals surface area contributed by atoms with Gasteiger partial charge in [0, 0.05) is 17.7 Å². The Morgan fingerprint density at radius 2 is 1.76 bits per heavy atom. The van der Waals surface area contributed by atoms with Gasteiger partial charge >= 0.3 is 0 Å². The highest BCUT2D eigenvalue weighted by atomic mass is 35.5. The smallest absolute Gasteiger partial charge is 0.255 e. The predicted molar refractivity (Wildman–Crippen MR) is 165 cm³/mol. The number of amides is 2. The molecule has 2 amide bonds. The first-order valence-corrected chi connectivity index (χ1v) is 16.2. The summed E-state index contributed by atoms with van der Waals surface area (Å²) in [4.78, 5) is 26.3. The van der Waals surface area contributed by atoms with Crippen LogP contribution in [0.4, 0.5) is 11.4 Å². The van der Waals surface area contributed by atoms with Gasteiger partial charge in [-0.3, -0.25) is 13.8 Å². The van der Waals surface area contributed by atoms with Crippen LogP contribution in [-0.2, 0) is 20.2 Å². The lowest BCUT2D eigenvalue weighted by molar-refractivity contribution is -0.125. The fourth-order valence-corrected chi connectivity index (χ4v) is 7.41. The van der Waals surface area contributed by atoms with E-state index in [0.29, 0.717) is 17.5 Å². The largest absolute Gasteiger partial charge is 0.506 e. The summed E-state index contributed by atoms with van der Waals surface area (Å²) in [5.41, 5.74) is 0.483. The highest BCUT2D eigenvalue weighted by Crippen LogP contribution is 2.42. The van der Waals surface area contributed by atoms with Gasteiger partial charge in [-0.1, -0.05) is 67.9 Å². The van der Waals surface area contributed by atoms with E-state index in [9.17, 15) is 18.9 Å². The van der Waals surface area contributed by atoms with Gasteiger partial charge in [-0.25, -0.2) is 4.21 Å². The molecule has 3 unspecified atom stereocenters. The first-order valence-electron chi connectivity index (χ1n) is 14.1. The minimum atomic E-state index is -1.76. The molecule has 2 aromatic rings. The molecule has 5 rings (SSSR count). The highest BCUT2D eigenvalue weighted by molar-refractivity contribution is 7.77. The van der Waals surface area contributed by atoms with Gasteiger partial charge in [-0.2, -0.15) is 4.31 Å². The second kappa shape index (κ2) is 14.5. The Balaban J connectivity index is 1.46. The fraction of sp³-hybridized carbons (Fsp3) is 0.517. The molecule has 224 valence electrons. The van der Waals surface area contributed by atoms with Crippen LogP contribution in [0.1, 0.15) is 75.6 Å². The van der Waals surface area contributed by atoms with Gasteiger partial charge in [0.05, 0.1) is 33.0 Å². The van der Waals surface area contributed by atoms with E-state index in [4.69, 9.17) is 39.0 Å². The Kier molecular flexibility index (Phi) is 11.4. The number of halogens is 3. The molecule has 3 aliphatic rings. The Morgan fingerprint density at radius 3 is 2.41 bits per heavy atom. The van der Waals surface area contributed by atoms with Crippen LogP contribution in [0.2, 0.25) is 15.1 Å². The number of anilines is 2. The predicted octanol–water partition coefficient (Wildman–Crippen LogP) is 7.60. The molecule has 1 aliphatic carbocycles. The second-order valence-corrected chi connectivity index (χ2v) is 13.0. The number of carbonyl (C=O) groups excluding carboxylic acids is 2. The topological polar surface area (TPSA) is 108 Å². The molecule has 0 spiro atoms. The third-order valence-electron chi connectivity index (χ3n) is 7.98. The van der Waals surface area contributed by atoms with E-state index in [1.807, 2.05) is 0 Å². The zero-order valence-electron chi connectivity index (χ0n) is 23.1. The van der Waals surface area contributed by atoms with Crippen molar-refractivity contribution in [2.45, 2.75) is 77.3 Å². The first-order chi connectivity index (χ1) is 19.6. The normalized spacial score (nSPS) is 21.8. The van der Waals surface area contributed by atoms with Crippen molar-refractivity contribution >= 4 is 69.3 Å². The quantitative estimate of drug-likeness (QED) is 0.206. The van der Waals surface area contributed by atoms with E-state index in [0.717, 1.165) is 51.4 Å². The van der Waals surface area contributed by atoms with Crippen LogP contribution in [0.15, 0.2) is 30.3 Å². The Morgan fingerprint density at radius 1 is 1.02 bits per heavy atom. The fourth-order valence-electron chi connectivity index (χ4n) is 5.56. The molecule has 2 saturated heterocycles. The molecule has 2 aromatic carbocycles. The number of aromatic hydroxyl groups is 1. The van der Waals surface area contributed by atoms with Crippen LogP contribution < -0.4 is 10.6 Å². The number of hydrogen-bond donors (Lipinski definition) is 3. The van der Waals surface area contributed by atoms with Crippen LogP contribution in [-0.4, -0.2) is 44.1 Å². The second-order valence-electron chi connectivity index (χ2n) is 10.7. The van der Waals surface area contributed by atoms with Crippen LogP contribution in [0, 0.1) is 11.8 Å². The average Bonchev–Trinajstić information content (AvgIpc) is 2.97. The minimum absolute atomic E-state index is 0.00450. The molecule has 41 heavy (non-hydrogen) atoms. The molecule has 12 heteroatoms. The Bertz CT molecular complexity index is 1290. The number of phenolic OH excluding ortho intramolecular Hbond substituents is 1. The molecule has 2 bridgehead atoms. The number of hydrogen-bond acceptors (Lipinski definition) is 5. The molecular formula is C29H36Cl3N3O5S. The van der Waals surface area contributed by atoms with Crippen molar-refractivity contribution in [3.8, 4) is 5.75 Å². The molecule has 3 N–H and O–H groups in total. The summed E-state index contributed by atoms with van der Waals surface area (Å²) >= 11 is 16.6. The summed E-state index contributed by atoms with van der Waals surface area (Å²) in [7, 11) is 0. The van der Waals surface area contributed by atoms with Crippen molar-refractivity contribution in [3.63, 3.8) is 0 Å². The van der Waals surface area contributed by atoms with E-state index in [1.54, 1.807) is 4.31 Å². The number of rotatable bonds is 12. The van der Waals surface area contributed by atoms with Crippen LogP contribution in [0.5, 0.6) is 5.75 Å². The first kappa shape index (κ1) is 32.0. The highest BCUT2D eigenvalue weighted by Gasteiger charge is 2.48. The van der Waals surface area contributed by atoms with Gasteiger partial charge in [0.25, 0.3) is 5.91 Å². The number of unbranched alkanes of at least 4 members (excludes halogenated alkanes) is 1. The van der Waals surface area contributed by atoms with Gasteiger partial charge in [-0.05, 0) is 68.2 Å². The number of carbonyl (C=O) groups is 2. The lowest BCUT2D eigenvalue weighted by Gasteiger charge is -2.48. The number of piperidine rings is 2. The van der Waals surface area contributed by atoms with E-state index >= 15 is 0 Å². The molecular weight excluding hydrogens is 609 g/mol. The number of nitrogens with one attached hydrogen (secondary N) is 2. The van der Waals surface area contributed by atoms with Gasteiger partial charge in [0.1, 0.15) is 11.8 Å². The maximum atomic E-state index is 13.6. The van der Waals surface area contributed by atoms with Crippen LogP contribution in [0.3, 0.4) is 0 Å². The zero-order valence-corrected chi connectivity index (χ0v) is 26.2. The molecule has 8 nitrogen and oxygen atoms in total. The van der Waals surface area contributed by atoms with E-state index in [1.165, 1.54) is 30.3 Å². The van der Waals surface area contributed by atoms with Crippen molar-refractivity contribution in [1.29, 1.82) is 0 Å². The summed E-state index contributed by atoms with van der Waals surface area (Å²) in [5.74, 6) is -0.812. The van der Waals surface area contributed by atoms with Crippen molar-refractivity contribution in [2.24, 2.45) is 11.8 Å². The van der Waals surface area contributed by atoms with Crippen molar-refractivity contribution < 1.29 is 23.1 Å². The van der Waals surface area contributed by atoms with E-state index < -0.39 is 23.2 Å². The van der Waals surface area contributed by atoms with Gasteiger partial charge in [-0.15, -0.1) is 0 Å². The van der Waals surface area contributed by atoms with Crippen molar-refractivity contribution in [2.75, 3.05) is 17.2 Å². The van der Waals surface area contributed by atoms with Crippen LogP contribution >= 0.6 is 34.8 Å². The molecule has 2 heterocycles. The average molecular weight is 645 g/mol.